The van der Waals surface area contributed by atoms with Crippen molar-refractivity contribution in [2.24, 2.45) is 5.41 Å². The Hall–Kier alpha value is -1.65. The number of nitrogens with zero attached hydrogens (tertiary/aromatic N) is 2. The van der Waals surface area contributed by atoms with Gasteiger partial charge in [0.05, 0.1) is 5.52 Å². The second-order valence-corrected chi connectivity index (χ2v) is 7.47. The summed E-state index contributed by atoms with van der Waals surface area (Å²) in [5.41, 5.74) is 2.51. The first kappa shape index (κ1) is 15.9. The molecule has 0 bridgehead atoms. The van der Waals surface area contributed by atoms with Crippen molar-refractivity contribution in [1.29, 1.82) is 0 Å². The van der Waals surface area contributed by atoms with Gasteiger partial charge in [-0.2, -0.15) is 0 Å². The molecule has 0 atom stereocenters. The lowest BCUT2D eigenvalue weighted by atomic mass is 10.1. The second kappa shape index (κ2) is 6.69. The van der Waals surface area contributed by atoms with Gasteiger partial charge in [-0.15, -0.1) is 0 Å². The summed E-state index contributed by atoms with van der Waals surface area (Å²) in [6.45, 7) is 4.24. The van der Waals surface area contributed by atoms with E-state index in [4.69, 9.17) is 4.98 Å². The van der Waals surface area contributed by atoms with E-state index >= 15 is 0 Å². The first-order valence-corrected chi connectivity index (χ1v) is 9.25. The Labute approximate surface area is 143 Å². The van der Waals surface area contributed by atoms with Crippen LogP contribution in [0.5, 0.6) is 0 Å². The first-order chi connectivity index (χ1) is 11.8. The van der Waals surface area contributed by atoms with Crippen LogP contribution < -0.4 is 10.2 Å². The molecule has 2 heterocycles. The van der Waals surface area contributed by atoms with Crippen LogP contribution in [-0.4, -0.2) is 36.3 Å². The summed E-state index contributed by atoms with van der Waals surface area (Å²) in [5, 5.41) is 14.3. The number of aliphatic hydroxyl groups excluding tert-OH is 1. The molecular weight excluding hydrogens is 298 g/mol. The monoisotopic (exact) mass is 325 g/mol. The molecule has 4 rings (SSSR count). The van der Waals surface area contributed by atoms with E-state index in [1.165, 1.54) is 30.2 Å². The Morgan fingerprint density at radius 1 is 1.12 bits per heavy atom. The van der Waals surface area contributed by atoms with Crippen LogP contribution in [0, 0.1) is 5.41 Å². The fourth-order valence-corrected chi connectivity index (χ4v) is 3.69. The highest BCUT2D eigenvalue weighted by Gasteiger charge is 2.41. The number of rotatable bonds is 6. The zero-order chi connectivity index (χ0) is 16.4. The maximum Gasteiger partial charge on any atom is 0.133 e. The van der Waals surface area contributed by atoms with Gasteiger partial charge in [-0.25, -0.2) is 4.98 Å². The minimum Gasteiger partial charge on any atom is -0.396 e. The van der Waals surface area contributed by atoms with E-state index in [2.05, 4.69) is 40.5 Å². The third-order valence-electron chi connectivity index (χ3n) is 5.54. The van der Waals surface area contributed by atoms with Crippen molar-refractivity contribution in [3.63, 3.8) is 0 Å². The quantitative estimate of drug-likeness (QED) is 0.857. The predicted molar refractivity (Wildman–Crippen MR) is 98.3 cm³/mol. The number of fused-ring (bicyclic) bond motifs is 1. The van der Waals surface area contributed by atoms with Crippen molar-refractivity contribution in [2.45, 2.75) is 38.6 Å². The highest BCUT2D eigenvalue weighted by molar-refractivity contribution is 5.81. The standard InChI is InChI=1S/C20H27N3O/c24-15-20(8-9-20)14-21-13-17-12-16-6-2-3-7-18(16)22-19(17)23-10-4-1-5-11-23/h2-3,6-7,12,21,24H,1,4-5,8-11,13-15H2. The van der Waals surface area contributed by atoms with Crippen molar-refractivity contribution in [3.05, 3.63) is 35.9 Å². The predicted octanol–water partition coefficient (Wildman–Crippen LogP) is 3.09. The van der Waals surface area contributed by atoms with Gasteiger partial charge < -0.3 is 15.3 Å². The van der Waals surface area contributed by atoms with Gasteiger partial charge >= 0.3 is 0 Å². The van der Waals surface area contributed by atoms with Crippen LogP contribution in [0.3, 0.4) is 0 Å². The smallest absolute Gasteiger partial charge is 0.133 e. The Kier molecular flexibility index (Phi) is 4.42. The van der Waals surface area contributed by atoms with Crippen LogP contribution in [0.25, 0.3) is 10.9 Å². The highest BCUT2D eigenvalue weighted by Crippen LogP contribution is 2.44. The molecule has 1 aromatic heterocycles. The summed E-state index contributed by atoms with van der Waals surface area (Å²) in [4.78, 5) is 7.44. The van der Waals surface area contributed by atoms with Crippen molar-refractivity contribution < 1.29 is 5.11 Å². The van der Waals surface area contributed by atoms with E-state index in [1.54, 1.807) is 0 Å². The Balaban J connectivity index is 1.58. The summed E-state index contributed by atoms with van der Waals surface area (Å²) < 4.78 is 0. The van der Waals surface area contributed by atoms with Crippen molar-refractivity contribution >= 4 is 16.7 Å². The fourth-order valence-electron chi connectivity index (χ4n) is 3.69. The molecule has 128 valence electrons. The van der Waals surface area contributed by atoms with Gasteiger partial charge in [0.15, 0.2) is 0 Å². The van der Waals surface area contributed by atoms with Gasteiger partial charge in [-0.05, 0) is 44.2 Å². The zero-order valence-electron chi connectivity index (χ0n) is 14.3. The summed E-state index contributed by atoms with van der Waals surface area (Å²) in [5.74, 6) is 1.15. The average molecular weight is 325 g/mol. The topological polar surface area (TPSA) is 48.4 Å². The summed E-state index contributed by atoms with van der Waals surface area (Å²) in [7, 11) is 0. The lowest BCUT2D eigenvalue weighted by Gasteiger charge is -2.30. The number of anilines is 1. The summed E-state index contributed by atoms with van der Waals surface area (Å²) >= 11 is 0. The lowest BCUT2D eigenvalue weighted by Crippen LogP contribution is -2.32. The largest absolute Gasteiger partial charge is 0.396 e. The first-order valence-electron chi connectivity index (χ1n) is 9.25. The molecule has 0 amide bonds. The van der Waals surface area contributed by atoms with Crippen molar-refractivity contribution in [3.8, 4) is 0 Å². The van der Waals surface area contributed by atoms with Gasteiger partial charge in [-0.1, -0.05) is 18.2 Å². The number of hydrogen-bond acceptors (Lipinski definition) is 4. The molecule has 0 spiro atoms. The fraction of sp³-hybridized carbons (Fsp3) is 0.550. The van der Waals surface area contributed by atoms with E-state index < -0.39 is 0 Å². The van der Waals surface area contributed by atoms with E-state index in [0.29, 0.717) is 6.61 Å². The minimum absolute atomic E-state index is 0.148. The number of para-hydroxylation sites is 1. The number of aromatic nitrogens is 1. The molecule has 2 fully saturated rings. The molecule has 2 aliphatic rings. The number of piperidine rings is 1. The van der Waals surface area contributed by atoms with Crippen LogP contribution in [0.2, 0.25) is 0 Å². The molecule has 0 radical (unpaired) electrons. The van der Waals surface area contributed by atoms with Crippen LogP contribution >= 0.6 is 0 Å². The number of nitrogens with one attached hydrogen (secondary N) is 1. The third-order valence-corrected chi connectivity index (χ3v) is 5.54. The molecule has 1 aliphatic heterocycles. The number of hydrogen-bond donors (Lipinski definition) is 2. The molecule has 1 aromatic carbocycles. The van der Waals surface area contributed by atoms with E-state index in [9.17, 15) is 5.11 Å². The zero-order valence-corrected chi connectivity index (χ0v) is 14.3. The normalized spacial score (nSPS) is 19.6. The van der Waals surface area contributed by atoms with Crippen molar-refractivity contribution in [1.82, 2.24) is 10.3 Å². The molecule has 24 heavy (non-hydrogen) atoms. The summed E-state index contributed by atoms with van der Waals surface area (Å²) in [6, 6.07) is 10.7. The minimum atomic E-state index is 0.148. The molecule has 2 aromatic rings. The molecule has 4 heteroatoms. The Morgan fingerprint density at radius 2 is 1.92 bits per heavy atom. The average Bonchev–Trinajstić information content (AvgIpc) is 3.42. The Morgan fingerprint density at radius 3 is 2.67 bits per heavy atom. The van der Waals surface area contributed by atoms with Gasteiger partial charge in [0.1, 0.15) is 5.82 Å². The van der Waals surface area contributed by atoms with Gasteiger partial charge in [0.25, 0.3) is 0 Å². The van der Waals surface area contributed by atoms with Crippen LogP contribution in [0.4, 0.5) is 5.82 Å². The summed E-state index contributed by atoms with van der Waals surface area (Å²) in [6.07, 6.45) is 6.14. The van der Waals surface area contributed by atoms with Crippen LogP contribution in [0.1, 0.15) is 37.7 Å². The van der Waals surface area contributed by atoms with Gasteiger partial charge in [0.2, 0.25) is 0 Å². The molecular formula is C20H27N3O. The maximum atomic E-state index is 9.49. The number of benzene rings is 1. The highest BCUT2D eigenvalue weighted by atomic mass is 16.3. The molecule has 1 saturated heterocycles. The maximum absolute atomic E-state index is 9.49. The molecule has 2 N–H and O–H groups in total. The van der Waals surface area contributed by atoms with E-state index in [-0.39, 0.29) is 5.41 Å². The molecule has 4 nitrogen and oxygen atoms in total. The SMILES string of the molecule is OCC1(CNCc2cc3ccccc3nc2N2CCCCC2)CC1. The number of pyridine rings is 1. The van der Waals surface area contributed by atoms with Crippen molar-refractivity contribution in [2.75, 3.05) is 31.1 Å². The van der Waals surface area contributed by atoms with E-state index in [0.717, 1.165) is 50.4 Å². The third kappa shape index (κ3) is 3.26. The molecule has 1 saturated carbocycles. The Bertz CT molecular complexity index is 705. The van der Waals surface area contributed by atoms with Gasteiger partial charge in [0, 0.05) is 49.2 Å². The van der Waals surface area contributed by atoms with E-state index in [1.807, 2.05) is 0 Å². The number of aliphatic hydroxyl groups is 1. The van der Waals surface area contributed by atoms with Gasteiger partial charge in [-0.3, -0.25) is 0 Å². The van der Waals surface area contributed by atoms with Crippen LogP contribution in [0.15, 0.2) is 30.3 Å². The lowest BCUT2D eigenvalue weighted by molar-refractivity contribution is 0.207. The van der Waals surface area contributed by atoms with Crippen LogP contribution in [-0.2, 0) is 6.54 Å². The molecule has 1 aliphatic carbocycles. The molecule has 0 unspecified atom stereocenters. The second-order valence-electron chi connectivity index (χ2n) is 7.47.